The van der Waals surface area contributed by atoms with E-state index in [0.717, 1.165) is 6.07 Å². The van der Waals surface area contributed by atoms with Gasteiger partial charge in [-0.15, -0.1) is 0 Å². The Bertz CT molecular complexity index is 1050. The van der Waals surface area contributed by atoms with E-state index in [0.29, 0.717) is 25.0 Å². The van der Waals surface area contributed by atoms with Crippen molar-refractivity contribution in [3.8, 4) is 11.5 Å². The van der Waals surface area contributed by atoms with Crippen LogP contribution < -0.4 is 20.1 Å². The monoisotopic (exact) mass is 484 g/mol. The van der Waals surface area contributed by atoms with Crippen LogP contribution in [0.3, 0.4) is 0 Å². The van der Waals surface area contributed by atoms with E-state index in [1.165, 1.54) is 30.3 Å². The van der Waals surface area contributed by atoms with E-state index in [1.54, 1.807) is 0 Å². The fourth-order valence-electron chi connectivity index (χ4n) is 4.29. The normalized spacial score (nSPS) is 22.9. The molecule has 2 aromatic rings. The smallest absolute Gasteiger partial charge is 0.258 e. The number of carbonyl (C=O) groups excluding carboxylic acids is 2. The molecule has 2 amide bonds. The highest BCUT2D eigenvalue weighted by Gasteiger charge is 2.69. The first-order valence-electron chi connectivity index (χ1n) is 9.95. The molecule has 0 saturated heterocycles. The van der Waals surface area contributed by atoms with Gasteiger partial charge in [0.25, 0.3) is 5.91 Å². The van der Waals surface area contributed by atoms with Gasteiger partial charge in [0.1, 0.15) is 23.1 Å². The van der Waals surface area contributed by atoms with Crippen molar-refractivity contribution in [3.63, 3.8) is 0 Å². The largest absolute Gasteiger partial charge is 0.493 e. The summed E-state index contributed by atoms with van der Waals surface area (Å²) in [5, 5.41) is 5.89. The van der Waals surface area contributed by atoms with Gasteiger partial charge in [-0.2, -0.15) is 0 Å². The fraction of sp³-hybridized carbons (Fsp3) is 0.364. The van der Waals surface area contributed by atoms with Gasteiger partial charge in [-0.3, -0.25) is 9.59 Å². The Balaban J connectivity index is 1.14. The Morgan fingerprint density at radius 3 is 1.88 bits per heavy atom. The van der Waals surface area contributed by atoms with E-state index in [4.69, 9.17) is 32.7 Å². The van der Waals surface area contributed by atoms with Crippen LogP contribution in [0.5, 0.6) is 11.5 Å². The van der Waals surface area contributed by atoms with Crippen LogP contribution in [-0.2, 0) is 9.59 Å². The summed E-state index contributed by atoms with van der Waals surface area (Å²) in [5.74, 6) is -1.17. The number of hydrogen-bond acceptors (Lipinski definition) is 4. The van der Waals surface area contributed by atoms with Crippen LogP contribution in [0.4, 0.5) is 8.78 Å². The Hall–Kier alpha value is -2.58. The molecule has 2 aromatic carbocycles. The van der Waals surface area contributed by atoms with Crippen molar-refractivity contribution in [2.45, 2.75) is 36.8 Å². The SMILES string of the molecule is O=C(CCOc1ccc(Cl)c(F)c1)NC12CC(NC(=O)COc3ccc(Cl)c(F)c3)(C1)C2. The molecule has 3 fully saturated rings. The predicted octanol–water partition coefficient (Wildman–Crippen LogP) is 4.03. The second-order valence-corrected chi connectivity index (χ2v) is 9.04. The Morgan fingerprint density at radius 1 is 0.844 bits per heavy atom. The molecule has 2 bridgehead atoms. The molecule has 32 heavy (non-hydrogen) atoms. The number of nitrogens with one attached hydrogen (secondary N) is 2. The van der Waals surface area contributed by atoms with E-state index < -0.39 is 11.6 Å². The van der Waals surface area contributed by atoms with Gasteiger partial charge in [0.2, 0.25) is 5.91 Å². The molecule has 5 rings (SSSR count). The number of carbonyl (C=O) groups is 2. The molecule has 10 heteroatoms. The molecular weight excluding hydrogens is 465 g/mol. The Morgan fingerprint density at radius 2 is 1.34 bits per heavy atom. The van der Waals surface area contributed by atoms with Gasteiger partial charge >= 0.3 is 0 Å². The highest BCUT2D eigenvalue weighted by molar-refractivity contribution is 6.31. The van der Waals surface area contributed by atoms with Crippen LogP contribution in [0.25, 0.3) is 0 Å². The predicted molar refractivity (Wildman–Crippen MR) is 114 cm³/mol. The van der Waals surface area contributed by atoms with Crippen molar-refractivity contribution in [1.29, 1.82) is 0 Å². The van der Waals surface area contributed by atoms with Gasteiger partial charge < -0.3 is 20.1 Å². The minimum Gasteiger partial charge on any atom is -0.493 e. The van der Waals surface area contributed by atoms with Crippen LogP contribution in [0.2, 0.25) is 10.0 Å². The maximum absolute atomic E-state index is 13.4. The van der Waals surface area contributed by atoms with Gasteiger partial charge in [0.15, 0.2) is 6.61 Å². The number of amides is 2. The molecular formula is C22H20Cl2F2N2O4. The zero-order valence-electron chi connectivity index (χ0n) is 16.9. The highest BCUT2D eigenvalue weighted by atomic mass is 35.5. The molecule has 6 nitrogen and oxygen atoms in total. The van der Waals surface area contributed by atoms with Crippen molar-refractivity contribution in [2.24, 2.45) is 0 Å². The second-order valence-electron chi connectivity index (χ2n) is 8.23. The van der Waals surface area contributed by atoms with Gasteiger partial charge in [-0.25, -0.2) is 8.78 Å². The average Bonchev–Trinajstić information content (AvgIpc) is 2.69. The van der Waals surface area contributed by atoms with Crippen LogP contribution in [0.15, 0.2) is 36.4 Å². The molecule has 0 spiro atoms. The summed E-state index contributed by atoms with van der Waals surface area (Å²) in [4.78, 5) is 24.3. The molecule has 0 heterocycles. The molecule has 170 valence electrons. The van der Waals surface area contributed by atoms with Crippen LogP contribution in [0, 0.1) is 11.6 Å². The minimum atomic E-state index is -0.618. The van der Waals surface area contributed by atoms with Crippen molar-refractivity contribution in [2.75, 3.05) is 13.2 Å². The Labute approximate surface area is 193 Å². The molecule has 0 atom stereocenters. The average molecular weight is 485 g/mol. The number of hydrogen-bond donors (Lipinski definition) is 2. The molecule has 0 unspecified atom stereocenters. The van der Waals surface area contributed by atoms with E-state index in [-0.39, 0.29) is 58.3 Å². The van der Waals surface area contributed by atoms with E-state index >= 15 is 0 Å². The number of benzene rings is 2. The summed E-state index contributed by atoms with van der Waals surface area (Å²) in [6, 6.07) is 8.05. The first-order chi connectivity index (χ1) is 15.2. The lowest BCUT2D eigenvalue weighted by Gasteiger charge is -2.70. The molecule has 2 N–H and O–H groups in total. The van der Waals surface area contributed by atoms with E-state index in [1.807, 2.05) is 0 Å². The Kier molecular flexibility index (Phi) is 6.18. The molecule has 0 aliphatic heterocycles. The molecule has 3 aliphatic rings. The van der Waals surface area contributed by atoms with Gasteiger partial charge in [-0.05, 0) is 43.5 Å². The van der Waals surface area contributed by atoms with Crippen molar-refractivity contribution in [3.05, 3.63) is 58.1 Å². The highest BCUT2D eigenvalue weighted by Crippen LogP contribution is 2.60. The first-order valence-corrected chi connectivity index (χ1v) is 10.7. The third-order valence-electron chi connectivity index (χ3n) is 5.59. The third-order valence-corrected chi connectivity index (χ3v) is 6.20. The number of rotatable bonds is 9. The zero-order chi connectivity index (χ0) is 22.9. The van der Waals surface area contributed by atoms with Crippen LogP contribution >= 0.6 is 23.2 Å². The van der Waals surface area contributed by atoms with Gasteiger partial charge in [0, 0.05) is 23.2 Å². The quantitative estimate of drug-likeness (QED) is 0.563. The lowest BCUT2D eigenvalue weighted by Crippen LogP contribution is -2.84. The fourth-order valence-corrected chi connectivity index (χ4v) is 4.52. The maximum atomic E-state index is 13.4. The van der Waals surface area contributed by atoms with E-state index in [2.05, 4.69) is 10.6 Å². The van der Waals surface area contributed by atoms with Gasteiger partial charge in [-0.1, -0.05) is 23.2 Å². The zero-order valence-corrected chi connectivity index (χ0v) is 18.4. The summed E-state index contributed by atoms with van der Waals surface area (Å²) >= 11 is 11.2. The molecule has 3 aliphatic carbocycles. The lowest BCUT2D eigenvalue weighted by molar-refractivity contribution is -0.150. The molecule has 3 saturated carbocycles. The van der Waals surface area contributed by atoms with Crippen molar-refractivity contribution >= 4 is 35.0 Å². The summed E-state index contributed by atoms with van der Waals surface area (Å²) in [5.41, 5.74) is -0.646. The van der Waals surface area contributed by atoms with Gasteiger partial charge in [0.05, 0.1) is 23.1 Å². The third kappa shape index (κ3) is 4.91. The first kappa shape index (κ1) is 22.6. The topological polar surface area (TPSA) is 76.7 Å². The van der Waals surface area contributed by atoms with E-state index in [9.17, 15) is 18.4 Å². The summed E-state index contributed by atoms with van der Waals surface area (Å²) < 4.78 is 37.5. The number of ether oxygens (including phenoxy) is 2. The van der Waals surface area contributed by atoms with Crippen molar-refractivity contribution in [1.82, 2.24) is 10.6 Å². The summed E-state index contributed by atoms with van der Waals surface area (Å²) in [7, 11) is 0. The minimum absolute atomic E-state index is 0.00479. The summed E-state index contributed by atoms with van der Waals surface area (Å²) in [6.07, 6.45) is 2.03. The van der Waals surface area contributed by atoms with Crippen LogP contribution in [0.1, 0.15) is 25.7 Å². The lowest BCUT2D eigenvalue weighted by atomic mass is 9.44. The van der Waals surface area contributed by atoms with Crippen LogP contribution in [-0.4, -0.2) is 36.1 Å². The van der Waals surface area contributed by atoms with Crippen molar-refractivity contribution < 1.29 is 27.8 Å². The number of halogens is 4. The molecule has 0 radical (unpaired) electrons. The second kappa shape index (κ2) is 8.75. The standard InChI is InChI=1S/C22H20Cl2F2N2O4/c23-15-3-1-13(7-17(15)25)31-6-5-19(29)27-21-10-22(11-21,12-21)28-20(30)9-32-14-2-4-16(24)18(26)8-14/h1-4,7-8H,5-6,9-12H2,(H,27,29)(H,28,30). The summed E-state index contributed by atoms with van der Waals surface area (Å²) in [6.45, 7) is -0.141. The molecule has 0 aromatic heterocycles. The maximum Gasteiger partial charge on any atom is 0.258 e.